The summed E-state index contributed by atoms with van der Waals surface area (Å²) in [7, 11) is 0. The van der Waals surface area contributed by atoms with Crippen molar-refractivity contribution < 1.29 is 0 Å². The van der Waals surface area contributed by atoms with E-state index in [1.54, 1.807) is 0 Å². The van der Waals surface area contributed by atoms with Crippen molar-refractivity contribution in [2.24, 2.45) is 0 Å². The minimum Gasteiger partial charge on any atom is -0.326 e. The van der Waals surface area contributed by atoms with Gasteiger partial charge in [0, 0.05) is 13.1 Å². The first-order valence-corrected chi connectivity index (χ1v) is 7.47. The monoisotopic (exact) mass is 279 g/mol. The highest BCUT2D eigenvalue weighted by Crippen LogP contribution is 2.19. The number of aromatic nitrogens is 2. The van der Waals surface area contributed by atoms with Gasteiger partial charge in [0.15, 0.2) is 0 Å². The van der Waals surface area contributed by atoms with Crippen LogP contribution in [0.4, 0.5) is 0 Å². The molecule has 1 aromatic heterocycles. The van der Waals surface area contributed by atoms with Crippen molar-refractivity contribution in [3.05, 3.63) is 29.6 Å². The maximum absolute atomic E-state index is 6.03. The first-order valence-electron chi connectivity index (χ1n) is 6.93. The topological polar surface area (TPSA) is 21.1 Å². The lowest BCUT2D eigenvalue weighted by Gasteiger charge is -2.19. The summed E-state index contributed by atoms with van der Waals surface area (Å²) in [5.41, 5.74) is 3.50. The average molecular weight is 280 g/mol. The lowest BCUT2D eigenvalue weighted by molar-refractivity contribution is 0.291. The second-order valence-electron chi connectivity index (χ2n) is 4.83. The van der Waals surface area contributed by atoms with Gasteiger partial charge in [0.25, 0.3) is 0 Å². The van der Waals surface area contributed by atoms with E-state index in [1.807, 2.05) is 0 Å². The molecule has 0 saturated heterocycles. The summed E-state index contributed by atoms with van der Waals surface area (Å²) < 4.78 is 2.26. The number of nitrogens with zero attached hydrogens (tertiary/aromatic N) is 3. The Labute approximate surface area is 120 Å². The van der Waals surface area contributed by atoms with Crippen LogP contribution >= 0.6 is 11.6 Å². The van der Waals surface area contributed by atoms with E-state index in [0.29, 0.717) is 5.88 Å². The first kappa shape index (κ1) is 14.4. The molecule has 1 heterocycles. The van der Waals surface area contributed by atoms with Crippen LogP contribution in [0.1, 0.15) is 25.2 Å². The molecule has 0 aliphatic carbocycles. The number of aryl methyl sites for hydroxylation is 1. The van der Waals surface area contributed by atoms with Crippen molar-refractivity contribution in [3.63, 3.8) is 0 Å². The molecular formula is C15H22ClN3. The predicted molar refractivity (Wildman–Crippen MR) is 81.8 cm³/mol. The van der Waals surface area contributed by atoms with Crippen LogP contribution in [0.25, 0.3) is 11.0 Å². The van der Waals surface area contributed by atoms with Crippen LogP contribution < -0.4 is 0 Å². The Balaban J connectivity index is 2.31. The summed E-state index contributed by atoms with van der Waals surface area (Å²) in [6.07, 6.45) is 0. The van der Waals surface area contributed by atoms with Gasteiger partial charge in [0.05, 0.1) is 16.9 Å². The molecule has 3 nitrogen and oxygen atoms in total. The number of alkyl halides is 1. The number of halogens is 1. The minimum absolute atomic E-state index is 0.464. The summed E-state index contributed by atoms with van der Waals surface area (Å²) in [5.74, 6) is 1.43. The van der Waals surface area contributed by atoms with Gasteiger partial charge in [-0.3, -0.25) is 0 Å². The summed E-state index contributed by atoms with van der Waals surface area (Å²) in [4.78, 5) is 7.03. The normalized spacial score (nSPS) is 11.6. The SMILES string of the molecule is CCN(CC)CCn1c(CCl)nc2ccc(C)cc21. The molecular weight excluding hydrogens is 258 g/mol. The first-order chi connectivity index (χ1) is 9.19. The molecule has 1 aromatic carbocycles. The number of imidazole rings is 1. The second-order valence-corrected chi connectivity index (χ2v) is 5.10. The lowest BCUT2D eigenvalue weighted by atomic mass is 10.2. The molecule has 19 heavy (non-hydrogen) atoms. The third-order valence-corrected chi connectivity index (χ3v) is 3.88. The maximum Gasteiger partial charge on any atom is 0.124 e. The largest absolute Gasteiger partial charge is 0.326 e. The van der Waals surface area contributed by atoms with E-state index < -0.39 is 0 Å². The van der Waals surface area contributed by atoms with Gasteiger partial charge in [-0.05, 0) is 37.7 Å². The quantitative estimate of drug-likeness (QED) is 0.756. The third-order valence-electron chi connectivity index (χ3n) is 3.64. The van der Waals surface area contributed by atoms with Gasteiger partial charge in [0.1, 0.15) is 5.82 Å². The molecule has 0 saturated carbocycles. The molecule has 104 valence electrons. The third kappa shape index (κ3) is 3.10. The van der Waals surface area contributed by atoms with Gasteiger partial charge in [-0.15, -0.1) is 11.6 Å². The smallest absolute Gasteiger partial charge is 0.124 e. The number of hydrogen-bond acceptors (Lipinski definition) is 2. The standard InChI is InChI=1S/C15H22ClN3/c1-4-18(5-2)8-9-19-14-10-12(3)6-7-13(14)17-15(19)11-16/h6-7,10H,4-5,8-9,11H2,1-3H3. The number of rotatable bonds is 6. The number of hydrogen-bond donors (Lipinski definition) is 0. The van der Waals surface area contributed by atoms with E-state index in [4.69, 9.17) is 11.6 Å². The van der Waals surface area contributed by atoms with Crippen molar-refractivity contribution >= 4 is 22.6 Å². The zero-order chi connectivity index (χ0) is 13.8. The zero-order valence-corrected chi connectivity index (χ0v) is 12.7. The van der Waals surface area contributed by atoms with Gasteiger partial charge < -0.3 is 9.47 Å². The van der Waals surface area contributed by atoms with Crippen LogP contribution in [0.2, 0.25) is 0 Å². The Morgan fingerprint density at radius 2 is 2.00 bits per heavy atom. The summed E-state index contributed by atoms with van der Waals surface area (Å²) >= 11 is 6.03. The Morgan fingerprint density at radius 1 is 1.26 bits per heavy atom. The molecule has 0 spiro atoms. The van der Waals surface area contributed by atoms with Crippen LogP contribution in [0, 0.1) is 6.92 Å². The zero-order valence-electron chi connectivity index (χ0n) is 12.0. The van der Waals surface area contributed by atoms with E-state index in [0.717, 1.165) is 37.5 Å². The molecule has 4 heteroatoms. The van der Waals surface area contributed by atoms with Gasteiger partial charge >= 0.3 is 0 Å². The van der Waals surface area contributed by atoms with E-state index >= 15 is 0 Å². The van der Waals surface area contributed by atoms with Crippen molar-refractivity contribution in [2.75, 3.05) is 19.6 Å². The maximum atomic E-state index is 6.03. The van der Waals surface area contributed by atoms with Crippen LogP contribution in [0.15, 0.2) is 18.2 Å². The van der Waals surface area contributed by atoms with Crippen molar-refractivity contribution in [3.8, 4) is 0 Å². The number of benzene rings is 1. The minimum atomic E-state index is 0.464. The highest BCUT2D eigenvalue weighted by atomic mass is 35.5. The summed E-state index contributed by atoms with van der Waals surface area (Å²) in [6, 6.07) is 6.37. The Hall–Kier alpha value is -1.06. The van der Waals surface area contributed by atoms with Crippen LogP contribution in [0.5, 0.6) is 0 Å². The fourth-order valence-electron chi connectivity index (χ4n) is 2.42. The number of likely N-dealkylation sites (N-methyl/N-ethyl adjacent to an activating group) is 1. The molecule has 0 aliphatic heterocycles. The van der Waals surface area contributed by atoms with Gasteiger partial charge in [-0.25, -0.2) is 4.98 Å². The molecule has 0 unspecified atom stereocenters. The Morgan fingerprint density at radius 3 is 2.63 bits per heavy atom. The molecule has 0 radical (unpaired) electrons. The van der Waals surface area contributed by atoms with Crippen LogP contribution in [0.3, 0.4) is 0 Å². The molecule has 0 amide bonds. The molecule has 0 atom stereocenters. The summed E-state index contributed by atoms with van der Waals surface area (Å²) in [5, 5.41) is 0. The highest BCUT2D eigenvalue weighted by Gasteiger charge is 2.10. The van der Waals surface area contributed by atoms with Gasteiger partial charge in [0.2, 0.25) is 0 Å². The fraction of sp³-hybridized carbons (Fsp3) is 0.533. The van der Waals surface area contributed by atoms with Gasteiger partial charge in [-0.1, -0.05) is 19.9 Å². The van der Waals surface area contributed by atoms with E-state index in [9.17, 15) is 0 Å². The Bertz CT molecular complexity index is 544. The van der Waals surface area contributed by atoms with E-state index in [2.05, 4.69) is 53.4 Å². The lowest BCUT2D eigenvalue weighted by Crippen LogP contribution is -2.27. The van der Waals surface area contributed by atoms with Crippen LogP contribution in [-0.2, 0) is 12.4 Å². The van der Waals surface area contributed by atoms with Crippen molar-refractivity contribution in [2.45, 2.75) is 33.2 Å². The summed E-state index contributed by atoms with van der Waals surface area (Å²) in [6.45, 7) is 10.7. The average Bonchev–Trinajstić information content (AvgIpc) is 2.77. The van der Waals surface area contributed by atoms with Crippen molar-refractivity contribution in [1.29, 1.82) is 0 Å². The fourth-order valence-corrected chi connectivity index (χ4v) is 2.62. The van der Waals surface area contributed by atoms with E-state index in [-0.39, 0.29) is 0 Å². The Kier molecular flexibility index (Phi) is 4.83. The number of fused-ring (bicyclic) bond motifs is 1. The molecule has 0 fully saturated rings. The van der Waals surface area contributed by atoms with E-state index in [1.165, 1.54) is 11.1 Å². The highest BCUT2D eigenvalue weighted by molar-refractivity contribution is 6.16. The van der Waals surface area contributed by atoms with Crippen molar-refractivity contribution in [1.82, 2.24) is 14.5 Å². The van der Waals surface area contributed by atoms with Crippen LogP contribution in [-0.4, -0.2) is 34.1 Å². The molecule has 2 rings (SSSR count). The predicted octanol–water partition coefficient (Wildman–Crippen LogP) is 3.43. The van der Waals surface area contributed by atoms with Gasteiger partial charge in [-0.2, -0.15) is 0 Å². The molecule has 0 N–H and O–H groups in total. The molecule has 0 aliphatic rings. The molecule has 2 aromatic rings. The second kappa shape index (κ2) is 6.40. The molecule has 0 bridgehead atoms.